The van der Waals surface area contributed by atoms with Crippen LogP contribution in [-0.4, -0.2) is 9.78 Å². The molecule has 0 unspecified atom stereocenters. The van der Waals surface area contributed by atoms with Gasteiger partial charge in [-0.15, -0.1) is 0 Å². The molecule has 0 N–H and O–H groups in total. The second-order valence-corrected chi connectivity index (χ2v) is 3.96. The highest BCUT2D eigenvalue weighted by Crippen LogP contribution is 2.08. The molecule has 0 aliphatic heterocycles. The number of hydrogen-bond acceptors (Lipinski definition) is 2. The van der Waals surface area contributed by atoms with E-state index in [1.165, 1.54) is 0 Å². The van der Waals surface area contributed by atoms with Crippen molar-refractivity contribution in [2.24, 2.45) is 0 Å². The molecule has 15 heavy (non-hydrogen) atoms. The van der Waals surface area contributed by atoms with Gasteiger partial charge in [0.1, 0.15) is 4.60 Å². The molecule has 0 bridgehead atoms. The number of rotatable bonds is 2. The quantitative estimate of drug-likeness (QED) is 0.834. The summed E-state index contributed by atoms with van der Waals surface area (Å²) >= 11 is 3.29. The maximum atomic E-state index is 8.65. The first kappa shape index (κ1) is 9.94. The van der Waals surface area contributed by atoms with Gasteiger partial charge in [-0.25, -0.2) is 0 Å². The van der Waals surface area contributed by atoms with Crippen molar-refractivity contribution in [2.45, 2.75) is 6.54 Å². The van der Waals surface area contributed by atoms with E-state index in [2.05, 4.69) is 27.1 Å². The van der Waals surface area contributed by atoms with Gasteiger partial charge in [-0.2, -0.15) is 10.4 Å². The molecule has 3 nitrogen and oxygen atoms in total. The molecule has 0 fully saturated rings. The lowest BCUT2D eigenvalue weighted by Crippen LogP contribution is -1.99. The highest BCUT2D eigenvalue weighted by Gasteiger charge is 1.97. The van der Waals surface area contributed by atoms with E-state index in [9.17, 15) is 0 Å². The summed E-state index contributed by atoms with van der Waals surface area (Å²) in [5.74, 6) is 0. The summed E-state index contributed by atoms with van der Waals surface area (Å²) in [4.78, 5) is 0. The van der Waals surface area contributed by atoms with E-state index >= 15 is 0 Å². The van der Waals surface area contributed by atoms with Crippen molar-refractivity contribution in [3.8, 4) is 6.07 Å². The van der Waals surface area contributed by atoms with Gasteiger partial charge in [0.25, 0.3) is 0 Å². The summed E-state index contributed by atoms with van der Waals surface area (Å²) in [6.45, 7) is 0.720. The van der Waals surface area contributed by atoms with E-state index in [1.807, 2.05) is 41.2 Å². The van der Waals surface area contributed by atoms with Crippen LogP contribution in [0.2, 0.25) is 0 Å². The molecule has 1 aromatic heterocycles. The van der Waals surface area contributed by atoms with Crippen molar-refractivity contribution in [3.63, 3.8) is 0 Å². The van der Waals surface area contributed by atoms with Crippen molar-refractivity contribution in [1.29, 1.82) is 5.26 Å². The second kappa shape index (κ2) is 4.28. The maximum absolute atomic E-state index is 8.65. The minimum Gasteiger partial charge on any atom is -0.267 e. The fourth-order valence-corrected chi connectivity index (χ4v) is 1.62. The van der Waals surface area contributed by atoms with Gasteiger partial charge in [-0.1, -0.05) is 12.1 Å². The number of benzene rings is 1. The number of nitriles is 1. The van der Waals surface area contributed by atoms with Crippen LogP contribution in [0.5, 0.6) is 0 Å². The van der Waals surface area contributed by atoms with E-state index in [1.54, 1.807) is 0 Å². The average molecular weight is 262 g/mol. The van der Waals surface area contributed by atoms with Gasteiger partial charge in [0, 0.05) is 6.20 Å². The summed E-state index contributed by atoms with van der Waals surface area (Å²) in [6, 6.07) is 11.5. The van der Waals surface area contributed by atoms with Gasteiger partial charge in [0.15, 0.2) is 0 Å². The van der Waals surface area contributed by atoms with Crippen LogP contribution in [0.15, 0.2) is 41.1 Å². The fourth-order valence-electron chi connectivity index (χ4n) is 1.30. The molecule has 4 heteroatoms. The summed E-state index contributed by atoms with van der Waals surface area (Å²) in [6.07, 6.45) is 1.91. The van der Waals surface area contributed by atoms with Gasteiger partial charge in [0.2, 0.25) is 0 Å². The second-order valence-electron chi connectivity index (χ2n) is 3.14. The molecule has 0 aliphatic rings. The van der Waals surface area contributed by atoms with Crippen molar-refractivity contribution < 1.29 is 0 Å². The van der Waals surface area contributed by atoms with Crippen LogP contribution in [0, 0.1) is 11.3 Å². The van der Waals surface area contributed by atoms with E-state index in [-0.39, 0.29) is 0 Å². The van der Waals surface area contributed by atoms with Gasteiger partial charge >= 0.3 is 0 Å². The molecular weight excluding hydrogens is 254 g/mol. The topological polar surface area (TPSA) is 41.6 Å². The maximum Gasteiger partial charge on any atom is 0.128 e. The Labute approximate surface area is 96.1 Å². The predicted octanol–water partition coefficient (Wildman–Crippen LogP) is 2.57. The summed E-state index contributed by atoms with van der Waals surface area (Å²) in [5, 5.41) is 12.9. The van der Waals surface area contributed by atoms with Crippen LogP contribution in [-0.2, 0) is 6.54 Å². The molecule has 74 valence electrons. The van der Waals surface area contributed by atoms with Gasteiger partial charge in [0.05, 0.1) is 18.2 Å². The van der Waals surface area contributed by atoms with Gasteiger partial charge in [-0.05, 0) is 39.7 Å². The Hall–Kier alpha value is -1.60. The smallest absolute Gasteiger partial charge is 0.128 e. The van der Waals surface area contributed by atoms with Gasteiger partial charge in [-0.3, -0.25) is 4.68 Å². The van der Waals surface area contributed by atoms with Crippen molar-refractivity contribution in [1.82, 2.24) is 9.78 Å². The van der Waals surface area contributed by atoms with E-state index in [0.717, 1.165) is 16.7 Å². The van der Waals surface area contributed by atoms with Crippen LogP contribution in [0.4, 0.5) is 0 Å². The monoisotopic (exact) mass is 261 g/mol. The largest absolute Gasteiger partial charge is 0.267 e. The average Bonchev–Trinajstić information content (AvgIpc) is 2.65. The molecule has 0 spiro atoms. The molecule has 2 rings (SSSR count). The van der Waals surface area contributed by atoms with Crippen molar-refractivity contribution in [2.75, 3.05) is 0 Å². The molecule has 0 amide bonds. The standard InChI is InChI=1S/C11H8BrN3/c12-11-5-6-15(14-11)8-10-3-1-9(7-13)2-4-10/h1-6H,8H2. The molecule has 1 heterocycles. The molecule has 1 aromatic carbocycles. The molecule has 0 saturated heterocycles. The number of halogens is 1. The lowest BCUT2D eigenvalue weighted by atomic mass is 10.1. The van der Waals surface area contributed by atoms with Crippen LogP contribution in [0.1, 0.15) is 11.1 Å². The predicted molar refractivity (Wildman–Crippen MR) is 60.2 cm³/mol. The lowest BCUT2D eigenvalue weighted by Gasteiger charge is -2.01. The van der Waals surface area contributed by atoms with Crippen molar-refractivity contribution in [3.05, 3.63) is 52.3 Å². The Bertz CT molecular complexity index is 493. The lowest BCUT2D eigenvalue weighted by molar-refractivity contribution is 0.682. The van der Waals surface area contributed by atoms with Crippen LogP contribution >= 0.6 is 15.9 Å². The Morgan fingerprint density at radius 3 is 2.53 bits per heavy atom. The summed E-state index contributed by atoms with van der Waals surface area (Å²) in [5.41, 5.74) is 1.81. The molecule has 0 aliphatic carbocycles. The van der Waals surface area contributed by atoms with Crippen LogP contribution < -0.4 is 0 Å². The SMILES string of the molecule is N#Cc1ccc(Cn2ccc(Br)n2)cc1. The normalized spacial score (nSPS) is 9.87. The van der Waals surface area contributed by atoms with E-state index in [4.69, 9.17) is 5.26 Å². The van der Waals surface area contributed by atoms with Crippen molar-refractivity contribution >= 4 is 15.9 Å². The summed E-state index contributed by atoms with van der Waals surface area (Å²) in [7, 11) is 0. The zero-order valence-electron chi connectivity index (χ0n) is 7.89. The third-order valence-electron chi connectivity index (χ3n) is 2.04. The molecule has 0 atom stereocenters. The third kappa shape index (κ3) is 2.45. The third-order valence-corrected chi connectivity index (χ3v) is 2.46. The van der Waals surface area contributed by atoms with E-state index < -0.39 is 0 Å². The first-order valence-electron chi connectivity index (χ1n) is 4.46. The Kier molecular flexibility index (Phi) is 2.84. The minimum atomic E-state index is 0.681. The molecule has 0 saturated carbocycles. The van der Waals surface area contributed by atoms with Gasteiger partial charge < -0.3 is 0 Å². The first-order chi connectivity index (χ1) is 7.28. The van der Waals surface area contributed by atoms with E-state index in [0.29, 0.717) is 5.56 Å². The molecule has 2 aromatic rings. The zero-order valence-corrected chi connectivity index (χ0v) is 9.48. The van der Waals surface area contributed by atoms with Crippen LogP contribution in [0.3, 0.4) is 0 Å². The Morgan fingerprint density at radius 2 is 2.00 bits per heavy atom. The first-order valence-corrected chi connectivity index (χ1v) is 5.25. The molecular formula is C11H8BrN3. The highest BCUT2D eigenvalue weighted by molar-refractivity contribution is 9.10. The molecule has 0 radical (unpaired) electrons. The highest BCUT2D eigenvalue weighted by atomic mass is 79.9. The summed E-state index contributed by atoms with van der Waals surface area (Å²) < 4.78 is 2.67. The number of nitrogens with zero attached hydrogens (tertiary/aromatic N) is 3. The fraction of sp³-hybridized carbons (Fsp3) is 0.0909. The Morgan fingerprint density at radius 1 is 1.27 bits per heavy atom. The number of aromatic nitrogens is 2. The zero-order chi connectivity index (χ0) is 10.7. The minimum absolute atomic E-state index is 0.681. The Balaban J connectivity index is 2.15. The van der Waals surface area contributed by atoms with Crippen LogP contribution in [0.25, 0.3) is 0 Å². The number of hydrogen-bond donors (Lipinski definition) is 0.